The fourth-order valence-electron chi connectivity index (χ4n) is 0.197. The molecule has 0 atom stereocenters. The van der Waals surface area contributed by atoms with Crippen molar-refractivity contribution in [3.63, 3.8) is 0 Å². The van der Waals surface area contributed by atoms with Crippen molar-refractivity contribution in [2.24, 2.45) is 4.99 Å². The third-order valence-electron chi connectivity index (χ3n) is 0.428. The van der Waals surface area contributed by atoms with Gasteiger partial charge in [0.25, 0.3) is 0 Å². The van der Waals surface area contributed by atoms with Gasteiger partial charge < -0.3 is 5.41 Å². The van der Waals surface area contributed by atoms with Crippen LogP contribution in [-0.2, 0) is 0 Å². The third-order valence-corrected chi connectivity index (χ3v) is 0.908. The normalized spacial score (nSPS) is 11.4. The standard InChI is InChI=1S/C4H7BrN2/c1-2-7-4(5)3-6/h3,6H,2H2,1H3. The molecule has 0 spiro atoms. The number of hydrogen-bond donors (Lipinski definition) is 1. The lowest BCUT2D eigenvalue weighted by molar-refractivity contribution is 1.14. The smallest absolute Gasteiger partial charge is 0.118 e. The average molecular weight is 163 g/mol. The third kappa shape index (κ3) is 3.66. The van der Waals surface area contributed by atoms with E-state index in [2.05, 4.69) is 20.9 Å². The van der Waals surface area contributed by atoms with Gasteiger partial charge in [0, 0.05) is 6.54 Å². The van der Waals surface area contributed by atoms with Gasteiger partial charge >= 0.3 is 0 Å². The molecular formula is C4H7BrN2. The summed E-state index contributed by atoms with van der Waals surface area (Å²) in [6, 6.07) is 0. The fraction of sp³-hybridized carbons (Fsp3) is 0.500. The quantitative estimate of drug-likeness (QED) is 0.598. The molecule has 3 heteroatoms. The van der Waals surface area contributed by atoms with E-state index in [1.807, 2.05) is 6.92 Å². The lowest BCUT2D eigenvalue weighted by Gasteiger charge is -1.80. The van der Waals surface area contributed by atoms with Crippen LogP contribution in [0.15, 0.2) is 4.99 Å². The van der Waals surface area contributed by atoms with Gasteiger partial charge in [0.1, 0.15) is 4.62 Å². The molecular weight excluding hydrogens is 156 g/mol. The molecule has 40 valence electrons. The maximum absolute atomic E-state index is 6.61. The summed E-state index contributed by atoms with van der Waals surface area (Å²) in [6.07, 6.45) is 1.17. The first kappa shape index (κ1) is 6.82. The van der Waals surface area contributed by atoms with Crippen LogP contribution in [-0.4, -0.2) is 17.4 Å². The first-order chi connectivity index (χ1) is 3.31. The van der Waals surface area contributed by atoms with Crippen LogP contribution in [0.1, 0.15) is 6.92 Å². The minimum Gasteiger partial charge on any atom is -0.306 e. The Morgan fingerprint density at radius 1 is 2.00 bits per heavy atom. The van der Waals surface area contributed by atoms with E-state index in [9.17, 15) is 0 Å². The highest BCUT2D eigenvalue weighted by atomic mass is 79.9. The summed E-state index contributed by atoms with van der Waals surface area (Å²) in [4.78, 5) is 3.83. The molecule has 0 aromatic heterocycles. The number of nitrogens with one attached hydrogen (secondary N) is 1. The maximum atomic E-state index is 6.61. The van der Waals surface area contributed by atoms with Crippen LogP contribution in [0.2, 0.25) is 0 Å². The molecule has 0 amide bonds. The van der Waals surface area contributed by atoms with Gasteiger partial charge in [0.2, 0.25) is 0 Å². The number of aliphatic imine (C=N–C) groups is 1. The zero-order valence-corrected chi connectivity index (χ0v) is 5.70. The fourth-order valence-corrected chi connectivity index (χ4v) is 0.447. The van der Waals surface area contributed by atoms with Crippen LogP contribution in [0.5, 0.6) is 0 Å². The lowest BCUT2D eigenvalue weighted by Crippen LogP contribution is -1.85. The Balaban J connectivity index is 3.49. The first-order valence-electron chi connectivity index (χ1n) is 2.01. The predicted molar refractivity (Wildman–Crippen MR) is 35.7 cm³/mol. The van der Waals surface area contributed by atoms with Crippen molar-refractivity contribution in [1.82, 2.24) is 0 Å². The highest BCUT2D eigenvalue weighted by molar-refractivity contribution is 9.19. The van der Waals surface area contributed by atoms with Crippen molar-refractivity contribution < 1.29 is 0 Å². The zero-order chi connectivity index (χ0) is 5.70. The highest BCUT2D eigenvalue weighted by Crippen LogP contribution is 1.83. The summed E-state index contributed by atoms with van der Waals surface area (Å²) in [5.41, 5.74) is 0. The highest BCUT2D eigenvalue weighted by Gasteiger charge is 1.77. The van der Waals surface area contributed by atoms with E-state index >= 15 is 0 Å². The van der Waals surface area contributed by atoms with E-state index in [1.54, 1.807) is 0 Å². The van der Waals surface area contributed by atoms with E-state index in [-0.39, 0.29) is 0 Å². The number of hydrogen-bond acceptors (Lipinski definition) is 2. The van der Waals surface area contributed by atoms with Crippen molar-refractivity contribution in [2.45, 2.75) is 6.92 Å². The van der Waals surface area contributed by atoms with Gasteiger partial charge in [-0.2, -0.15) is 0 Å². The molecule has 0 aliphatic heterocycles. The van der Waals surface area contributed by atoms with Crippen molar-refractivity contribution >= 4 is 26.8 Å². The zero-order valence-electron chi connectivity index (χ0n) is 4.11. The molecule has 0 aromatic carbocycles. The Labute approximate surface area is 51.3 Å². The molecule has 2 nitrogen and oxygen atoms in total. The SMILES string of the molecule is CCN=C(Br)C=N. The molecule has 0 aliphatic rings. The van der Waals surface area contributed by atoms with E-state index in [0.717, 1.165) is 6.54 Å². The molecule has 0 bridgehead atoms. The molecule has 0 radical (unpaired) electrons. The molecule has 0 unspecified atom stereocenters. The summed E-state index contributed by atoms with van der Waals surface area (Å²) >= 11 is 3.04. The van der Waals surface area contributed by atoms with E-state index < -0.39 is 0 Å². The monoisotopic (exact) mass is 162 g/mol. The van der Waals surface area contributed by atoms with Gasteiger partial charge in [-0.3, -0.25) is 4.99 Å². The molecule has 0 fully saturated rings. The second-order valence-electron chi connectivity index (χ2n) is 0.941. The topological polar surface area (TPSA) is 36.2 Å². The molecule has 0 aromatic rings. The van der Waals surface area contributed by atoms with Gasteiger partial charge in [-0.15, -0.1) is 0 Å². The van der Waals surface area contributed by atoms with Crippen molar-refractivity contribution in [1.29, 1.82) is 5.41 Å². The van der Waals surface area contributed by atoms with E-state index in [4.69, 9.17) is 5.41 Å². The Morgan fingerprint density at radius 3 is 2.71 bits per heavy atom. The Kier molecular flexibility index (Phi) is 3.89. The van der Waals surface area contributed by atoms with E-state index in [1.165, 1.54) is 6.21 Å². The second kappa shape index (κ2) is 3.99. The number of nitrogens with zero attached hydrogens (tertiary/aromatic N) is 1. The molecule has 1 N–H and O–H groups in total. The minimum absolute atomic E-state index is 0.606. The summed E-state index contributed by atoms with van der Waals surface area (Å²) in [5, 5.41) is 6.61. The maximum Gasteiger partial charge on any atom is 0.118 e. The van der Waals surface area contributed by atoms with Crippen molar-refractivity contribution in [3.8, 4) is 0 Å². The van der Waals surface area contributed by atoms with Gasteiger partial charge in [0.15, 0.2) is 0 Å². The minimum atomic E-state index is 0.606. The molecule has 0 aliphatic carbocycles. The second-order valence-corrected chi connectivity index (χ2v) is 1.75. The van der Waals surface area contributed by atoms with Crippen LogP contribution < -0.4 is 0 Å². The van der Waals surface area contributed by atoms with Crippen LogP contribution in [0, 0.1) is 5.41 Å². The first-order valence-corrected chi connectivity index (χ1v) is 2.81. The molecule has 0 rings (SSSR count). The van der Waals surface area contributed by atoms with E-state index in [0.29, 0.717) is 4.62 Å². The Bertz CT molecular complexity index is 87.7. The summed E-state index contributed by atoms with van der Waals surface area (Å²) in [5.74, 6) is 0. The summed E-state index contributed by atoms with van der Waals surface area (Å²) in [7, 11) is 0. The number of rotatable bonds is 2. The average Bonchev–Trinajstić information content (AvgIpc) is 1.68. The largest absolute Gasteiger partial charge is 0.306 e. The Hall–Kier alpha value is -0.180. The molecule has 0 saturated heterocycles. The summed E-state index contributed by atoms with van der Waals surface area (Å²) in [6.45, 7) is 2.65. The summed E-state index contributed by atoms with van der Waals surface area (Å²) < 4.78 is 0.606. The van der Waals surface area contributed by atoms with Crippen molar-refractivity contribution in [2.75, 3.05) is 6.54 Å². The van der Waals surface area contributed by atoms with Crippen LogP contribution in [0.25, 0.3) is 0 Å². The molecule has 0 saturated carbocycles. The van der Waals surface area contributed by atoms with Crippen LogP contribution in [0.3, 0.4) is 0 Å². The predicted octanol–water partition coefficient (Wildman–Crippen LogP) is 1.45. The van der Waals surface area contributed by atoms with Gasteiger partial charge in [0.05, 0.1) is 6.21 Å². The Morgan fingerprint density at radius 2 is 2.57 bits per heavy atom. The van der Waals surface area contributed by atoms with Gasteiger partial charge in [-0.25, -0.2) is 0 Å². The molecule has 7 heavy (non-hydrogen) atoms. The van der Waals surface area contributed by atoms with Gasteiger partial charge in [-0.1, -0.05) is 0 Å². The van der Waals surface area contributed by atoms with Crippen molar-refractivity contribution in [3.05, 3.63) is 0 Å². The lowest BCUT2D eigenvalue weighted by atomic mass is 10.7. The molecule has 0 heterocycles. The van der Waals surface area contributed by atoms with Crippen LogP contribution in [0.4, 0.5) is 0 Å². The number of halogens is 1. The van der Waals surface area contributed by atoms with Crippen LogP contribution >= 0.6 is 15.9 Å². The van der Waals surface area contributed by atoms with Gasteiger partial charge in [-0.05, 0) is 22.9 Å².